The number of hydrogen-bond acceptors (Lipinski definition) is 6. The third-order valence-electron chi connectivity index (χ3n) is 10.5. The van der Waals surface area contributed by atoms with Crippen LogP contribution < -0.4 is 5.32 Å². The highest BCUT2D eigenvalue weighted by atomic mass is 32.2. The van der Waals surface area contributed by atoms with Gasteiger partial charge in [0.15, 0.2) is 0 Å². The summed E-state index contributed by atoms with van der Waals surface area (Å²) in [5.74, 6) is -1.20. The Morgan fingerprint density at radius 1 is 0.962 bits per heavy atom. The molecule has 1 aliphatic carbocycles. The van der Waals surface area contributed by atoms with Gasteiger partial charge in [-0.25, -0.2) is 22.0 Å². The fourth-order valence-electron chi connectivity index (χ4n) is 7.55. The van der Waals surface area contributed by atoms with Crippen LogP contribution in [0.3, 0.4) is 0 Å². The van der Waals surface area contributed by atoms with Crippen molar-refractivity contribution in [3.05, 3.63) is 95.6 Å². The van der Waals surface area contributed by atoms with Gasteiger partial charge in [0, 0.05) is 62.0 Å². The number of sulfonamides is 1. The molecule has 0 radical (unpaired) electrons. The van der Waals surface area contributed by atoms with Crippen molar-refractivity contribution in [2.75, 3.05) is 38.2 Å². The zero-order valence-electron chi connectivity index (χ0n) is 30.2. The molecule has 0 bridgehead atoms. The van der Waals surface area contributed by atoms with E-state index in [9.17, 15) is 22.4 Å². The largest absolute Gasteiger partial charge is 0.444 e. The first kappa shape index (κ1) is 37.9. The number of nitrogens with zero attached hydrogens (tertiary/aromatic N) is 2. The standard InChI is InChI=1S/C40H49F2N3O6S/c1-39(2,3)51-38(47)44-25-31(45(27-40(26-44)20-21-40)52(48,49)32-8-5-4-6-9-32)16-17-33-35(42)10-7-11-36(33)43-37(46)24-34(29-18-22-50-23-19-29)28-12-14-30(41)15-13-28/h4-15,29,31,34H,16-27H2,1-3H3,(H,43,46)/t31-,34-/m0/s1. The third-order valence-corrected chi connectivity index (χ3v) is 12.4. The number of ether oxygens (including phenoxy) is 2. The molecule has 2 heterocycles. The Kier molecular flexibility index (Phi) is 11.4. The van der Waals surface area contributed by atoms with E-state index in [2.05, 4.69) is 5.32 Å². The molecule has 3 aromatic carbocycles. The summed E-state index contributed by atoms with van der Waals surface area (Å²) in [5, 5.41) is 2.94. The Morgan fingerprint density at radius 2 is 1.65 bits per heavy atom. The van der Waals surface area contributed by atoms with E-state index in [0.29, 0.717) is 25.4 Å². The minimum absolute atomic E-state index is 0.0727. The second-order valence-electron chi connectivity index (χ2n) is 15.5. The molecule has 9 nitrogen and oxygen atoms in total. The van der Waals surface area contributed by atoms with Gasteiger partial charge in [0.1, 0.15) is 17.2 Å². The molecule has 2 amide bonds. The Bertz CT molecular complexity index is 1820. The minimum atomic E-state index is -3.99. The summed E-state index contributed by atoms with van der Waals surface area (Å²) in [6.45, 7) is 7.21. The monoisotopic (exact) mass is 737 g/mol. The van der Waals surface area contributed by atoms with Crippen molar-refractivity contribution in [2.45, 2.75) is 88.2 Å². The lowest BCUT2D eigenvalue weighted by atomic mass is 9.79. The Morgan fingerprint density at radius 3 is 2.31 bits per heavy atom. The molecule has 2 saturated heterocycles. The Hall–Kier alpha value is -3.87. The summed E-state index contributed by atoms with van der Waals surface area (Å²) >= 11 is 0. The van der Waals surface area contributed by atoms with Gasteiger partial charge < -0.3 is 19.7 Å². The molecule has 2 atom stereocenters. The summed E-state index contributed by atoms with van der Waals surface area (Å²) < 4.78 is 70.8. The van der Waals surface area contributed by atoms with Crippen LogP contribution in [-0.4, -0.2) is 74.1 Å². The van der Waals surface area contributed by atoms with E-state index < -0.39 is 39.0 Å². The van der Waals surface area contributed by atoms with Crippen molar-refractivity contribution in [3.63, 3.8) is 0 Å². The molecular formula is C40H49F2N3O6S. The van der Waals surface area contributed by atoms with Crippen LogP contribution >= 0.6 is 0 Å². The number of carbonyl (C=O) groups is 2. The van der Waals surface area contributed by atoms with Crippen molar-refractivity contribution in [2.24, 2.45) is 11.3 Å². The van der Waals surface area contributed by atoms with Gasteiger partial charge in [-0.1, -0.05) is 36.4 Å². The predicted octanol–water partition coefficient (Wildman–Crippen LogP) is 7.53. The summed E-state index contributed by atoms with van der Waals surface area (Å²) in [6, 6.07) is 18.3. The molecule has 3 aromatic rings. The van der Waals surface area contributed by atoms with E-state index in [-0.39, 0.29) is 66.4 Å². The number of benzene rings is 3. The highest BCUT2D eigenvalue weighted by Crippen LogP contribution is 2.50. The van der Waals surface area contributed by atoms with Crippen LogP contribution in [0, 0.1) is 23.0 Å². The van der Waals surface area contributed by atoms with Crippen LogP contribution in [0.25, 0.3) is 0 Å². The predicted molar refractivity (Wildman–Crippen MR) is 194 cm³/mol. The van der Waals surface area contributed by atoms with Gasteiger partial charge >= 0.3 is 6.09 Å². The van der Waals surface area contributed by atoms with Crippen LogP contribution in [0.2, 0.25) is 0 Å². The maximum absolute atomic E-state index is 15.7. The molecule has 3 fully saturated rings. The first-order valence-electron chi connectivity index (χ1n) is 18.2. The molecule has 12 heteroatoms. The molecular weight excluding hydrogens is 689 g/mol. The zero-order chi connectivity index (χ0) is 37.1. The topological polar surface area (TPSA) is 105 Å². The molecule has 52 heavy (non-hydrogen) atoms. The second-order valence-corrected chi connectivity index (χ2v) is 17.4. The quantitative estimate of drug-likeness (QED) is 0.231. The number of carbonyl (C=O) groups excluding carboxylic acids is 2. The van der Waals surface area contributed by atoms with Crippen molar-refractivity contribution in [1.82, 2.24) is 9.21 Å². The van der Waals surface area contributed by atoms with Crippen LogP contribution in [-0.2, 0) is 30.7 Å². The van der Waals surface area contributed by atoms with Gasteiger partial charge in [0.2, 0.25) is 15.9 Å². The fourth-order valence-corrected chi connectivity index (χ4v) is 9.33. The van der Waals surface area contributed by atoms with Gasteiger partial charge in [0.05, 0.1) is 4.90 Å². The lowest BCUT2D eigenvalue weighted by molar-refractivity contribution is -0.117. The van der Waals surface area contributed by atoms with E-state index in [4.69, 9.17) is 9.47 Å². The molecule has 0 unspecified atom stereocenters. The first-order chi connectivity index (χ1) is 24.7. The maximum atomic E-state index is 15.7. The third kappa shape index (κ3) is 9.19. The van der Waals surface area contributed by atoms with Gasteiger partial charge in [0.25, 0.3) is 0 Å². The van der Waals surface area contributed by atoms with Crippen LogP contribution in [0.5, 0.6) is 0 Å². The molecule has 1 saturated carbocycles. The molecule has 1 spiro atoms. The number of anilines is 1. The smallest absolute Gasteiger partial charge is 0.410 e. The Labute approximate surface area is 305 Å². The van der Waals surface area contributed by atoms with E-state index in [1.807, 2.05) is 0 Å². The normalized spacial score (nSPS) is 20.2. The van der Waals surface area contributed by atoms with Crippen molar-refractivity contribution >= 4 is 27.7 Å². The summed E-state index contributed by atoms with van der Waals surface area (Å²) in [6.07, 6.45) is 2.98. The average Bonchev–Trinajstić information content (AvgIpc) is 3.90. The van der Waals surface area contributed by atoms with Crippen molar-refractivity contribution in [3.8, 4) is 0 Å². The summed E-state index contributed by atoms with van der Waals surface area (Å²) in [7, 11) is -3.99. The van der Waals surface area contributed by atoms with Crippen molar-refractivity contribution < 1.29 is 36.3 Å². The number of nitrogens with one attached hydrogen (secondary N) is 1. The van der Waals surface area contributed by atoms with E-state index in [1.165, 1.54) is 28.6 Å². The molecule has 0 aromatic heterocycles. The minimum Gasteiger partial charge on any atom is -0.444 e. The Balaban J connectivity index is 1.25. The first-order valence-corrected chi connectivity index (χ1v) is 19.6. The van der Waals surface area contributed by atoms with Crippen molar-refractivity contribution in [1.29, 1.82) is 0 Å². The fraction of sp³-hybridized carbons (Fsp3) is 0.500. The molecule has 1 N–H and O–H groups in total. The average molecular weight is 738 g/mol. The van der Waals surface area contributed by atoms with E-state index >= 15 is 4.39 Å². The lowest BCUT2D eigenvalue weighted by Crippen LogP contribution is -2.46. The molecule has 6 rings (SSSR count). The number of halogens is 2. The van der Waals surface area contributed by atoms with Gasteiger partial charge in [-0.3, -0.25) is 4.79 Å². The molecule has 280 valence electrons. The number of hydrogen-bond donors (Lipinski definition) is 1. The van der Waals surface area contributed by atoms with E-state index in [0.717, 1.165) is 31.2 Å². The van der Waals surface area contributed by atoms with Crippen LogP contribution in [0.4, 0.5) is 19.3 Å². The SMILES string of the molecule is CC(C)(C)OC(=O)N1C[C@H](CCc2c(F)cccc2NC(=O)C[C@@H](c2ccc(F)cc2)C2CCOCC2)N(S(=O)(=O)c2ccccc2)CC2(CC2)C1. The molecule has 3 aliphatic rings. The zero-order valence-corrected chi connectivity index (χ0v) is 31.0. The van der Waals surface area contributed by atoms with Crippen LogP contribution in [0.1, 0.15) is 76.3 Å². The summed E-state index contributed by atoms with van der Waals surface area (Å²) in [5.41, 5.74) is 0.288. The van der Waals surface area contributed by atoms with Crippen LogP contribution in [0.15, 0.2) is 77.7 Å². The maximum Gasteiger partial charge on any atom is 0.410 e. The van der Waals surface area contributed by atoms with Gasteiger partial charge in [-0.05, 0) is 113 Å². The highest BCUT2D eigenvalue weighted by Gasteiger charge is 2.52. The lowest BCUT2D eigenvalue weighted by Gasteiger charge is -2.32. The second kappa shape index (κ2) is 15.6. The highest BCUT2D eigenvalue weighted by molar-refractivity contribution is 7.89. The van der Waals surface area contributed by atoms with Gasteiger partial charge in [-0.2, -0.15) is 4.31 Å². The number of rotatable bonds is 10. The molecule has 2 aliphatic heterocycles. The van der Waals surface area contributed by atoms with E-state index in [1.54, 1.807) is 74.2 Å². The summed E-state index contributed by atoms with van der Waals surface area (Å²) in [4.78, 5) is 28.9. The van der Waals surface area contributed by atoms with Gasteiger partial charge in [-0.15, -0.1) is 0 Å². The number of amides is 2.